The topological polar surface area (TPSA) is 148 Å². The molecule has 0 radical (unpaired) electrons. The Hall–Kier alpha value is -4.27. The van der Waals surface area contributed by atoms with Crippen molar-refractivity contribution in [1.82, 2.24) is 10.6 Å². The van der Waals surface area contributed by atoms with Gasteiger partial charge in [-0.15, -0.1) is 0 Å². The third-order valence-corrected chi connectivity index (χ3v) is 8.55. The molecule has 216 valence electrons. The zero-order valence-electron chi connectivity index (χ0n) is 22.8. The van der Waals surface area contributed by atoms with Crippen molar-refractivity contribution in [3.05, 3.63) is 96.6 Å². The second kappa shape index (κ2) is 14.9. The van der Waals surface area contributed by atoms with Gasteiger partial charge >= 0.3 is 12.1 Å². The molecule has 0 saturated heterocycles. The van der Waals surface area contributed by atoms with Crippen molar-refractivity contribution in [1.29, 1.82) is 0 Å². The second-order valence-corrected chi connectivity index (χ2v) is 11.9. The SMILES string of the molecule is CC(C)[C@@H](NC(=O)OCc1ccccc1)C(=O)N[C@@H](CC(=O)O)C(=O)COP(=O)(c1ccccc1)c1ccccc1. The van der Waals surface area contributed by atoms with E-state index in [1.165, 1.54) is 0 Å². The van der Waals surface area contributed by atoms with E-state index in [2.05, 4.69) is 10.6 Å². The number of hydrogen-bond donors (Lipinski definition) is 3. The van der Waals surface area contributed by atoms with E-state index < -0.39 is 62.2 Å². The number of hydrogen-bond acceptors (Lipinski definition) is 7. The van der Waals surface area contributed by atoms with Crippen LogP contribution in [-0.4, -0.2) is 47.6 Å². The molecule has 0 bridgehead atoms. The summed E-state index contributed by atoms with van der Waals surface area (Å²) in [5, 5.41) is 15.0. The van der Waals surface area contributed by atoms with Crippen LogP contribution in [0.15, 0.2) is 91.0 Å². The number of Topliss-reactive ketones (excluding diaryl/α,β-unsaturated/α-hetero) is 1. The van der Waals surface area contributed by atoms with Crippen molar-refractivity contribution >= 4 is 41.7 Å². The molecule has 0 saturated carbocycles. The number of amides is 2. The van der Waals surface area contributed by atoms with Gasteiger partial charge in [0.15, 0.2) is 5.78 Å². The van der Waals surface area contributed by atoms with Gasteiger partial charge in [0, 0.05) is 10.6 Å². The summed E-state index contributed by atoms with van der Waals surface area (Å²) >= 11 is 0. The Labute approximate surface area is 238 Å². The van der Waals surface area contributed by atoms with Gasteiger partial charge in [-0.25, -0.2) is 4.79 Å². The molecular formula is C30H33N2O8P. The van der Waals surface area contributed by atoms with Crippen LogP contribution in [0.1, 0.15) is 25.8 Å². The summed E-state index contributed by atoms with van der Waals surface area (Å²) in [6.45, 7) is 2.61. The molecule has 0 heterocycles. The molecule has 0 aliphatic rings. The van der Waals surface area contributed by atoms with Crippen molar-refractivity contribution in [2.45, 2.75) is 39.0 Å². The van der Waals surface area contributed by atoms with Crippen molar-refractivity contribution in [2.24, 2.45) is 5.92 Å². The first-order valence-electron chi connectivity index (χ1n) is 13.0. The summed E-state index contributed by atoms with van der Waals surface area (Å²) in [6.07, 6.45) is -1.59. The predicted octanol–water partition coefficient (Wildman–Crippen LogP) is 3.41. The highest BCUT2D eigenvalue weighted by Crippen LogP contribution is 2.44. The van der Waals surface area contributed by atoms with E-state index in [0.717, 1.165) is 5.56 Å². The maximum absolute atomic E-state index is 14.0. The Morgan fingerprint density at radius 3 is 1.80 bits per heavy atom. The molecule has 0 unspecified atom stereocenters. The molecule has 11 heteroatoms. The standard InChI is InChI=1S/C30H33N2O8P/c1-21(2)28(32-30(37)39-19-22-12-6-3-7-13-22)29(36)31-25(18-27(34)35)26(33)20-40-41(38,23-14-8-4-9-15-23)24-16-10-5-11-17-24/h3-17,21,25,28H,18-20H2,1-2H3,(H,31,36)(H,32,37)(H,34,35)/t25-,28+/m0/s1. The Kier molecular flexibility index (Phi) is 11.4. The van der Waals surface area contributed by atoms with Crippen LogP contribution >= 0.6 is 7.37 Å². The summed E-state index contributed by atoms with van der Waals surface area (Å²) in [6, 6.07) is 23.1. The van der Waals surface area contributed by atoms with E-state index in [9.17, 15) is 28.8 Å². The van der Waals surface area contributed by atoms with Gasteiger partial charge < -0.3 is 25.0 Å². The van der Waals surface area contributed by atoms with Gasteiger partial charge in [-0.1, -0.05) is 80.6 Å². The minimum Gasteiger partial charge on any atom is -0.481 e. The van der Waals surface area contributed by atoms with Gasteiger partial charge in [0.2, 0.25) is 5.91 Å². The molecule has 0 fully saturated rings. The minimum atomic E-state index is -3.73. The second-order valence-electron chi connectivity index (χ2n) is 9.55. The van der Waals surface area contributed by atoms with E-state index in [4.69, 9.17) is 9.26 Å². The molecule has 3 rings (SSSR count). The molecule has 0 aliphatic carbocycles. The third-order valence-electron chi connectivity index (χ3n) is 6.10. The number of benzene rings is 3. The summed E-state index contributed by atoms with van der Waals surface area (Å²) in [4.78, 5) is 50.2. The normalized spacial score (nSPS) is 12.7. The first-order chi connectivity index (χ1) is 19.6. The fourth-order valence-corrected chi connectivity index (χ4v) is 5.94. The molecular weight excluding hydrogens is 547 g/mol. The fourth-order valence-electron chi connectivity index (χ4n) is 3.91. The van der Waals surface area contributed by atoms with Crippen LogP contribution in [0.25, 0.3) is 0 Å². The van der Waals surface area contributed by atoms with Crippen LogP contribution in [0.4, 0.5) is 4.79 Å². The lowest BCUT2D eigenvalue weighted by atomic mass is 10.0. The van der Waals surface area contributed by atoms with E-state index in [-0.39, 0.29) is 6.61 Å². The summed E-state index contributed by atoms with van der Waals surface area (Å²) in [5.41, 5.74) is 0.753. The zero-order chi connectivity index (χ0) is 29.8. The number of carbonyl (C=O) groups excluding carboxylic acids is 3. The average molecular weight is 581 g/mol. The van der Waals surface area contributed by atoms with Crippen LogP contribution in [0.2, 0.25) is 0 Å². The number of ether oxygens (including phenoxy) is 1. The number of aliphatic carboxylic acids is 1. The lowest BCUT2D eigenvalue weighted by Crippen LogP contribution is -2.54. The van der Waals surface area contributed by atoms with Crippen LogP contribution in [0, 0.1) is 5.92 Å². The van der Waals surface area contributed by atoms with Gasteiger partial charge in [0.25, 0.3) is 7.37 Å². The molecule has 41 heavy (non-hydrogen) atoms. The third kappa shape index (κ3) is 9.13. The maximum Gasteiger partial charge on any atom is 0.408 e. The van der Waals surface area contributed by atoms with Crippen molar-refractivity contribution < 1.29 is 38.1 Å². The van der Waals surface area contributed by atoms with E-state index >= 15 is 0 Å². The first kappa shape index (κ1) is 31.3. The fraction of sp³-hybridized carbons (Fsp3) is 0.267. The summed E-state index contributed by atoms with van der Waals surface area (Å²) < 4.78 is 25.0. The quantitative estimate of drug-likeness (QED) is 0.246. The van der Waals surface area contributed by atoms with Crippen molar-refractivity contribution in [3.63, 3.8) is 0 Å². The van der Waals surface area contributed by atoms with Gasteiger partial charge in [-0.3, -0.25) is 18.9 Å². The molecule has 2 atom stereocenters. The van der Waals surface area contributed by atoms with Crippen LogP contribution in [0.3, 0.4) is 0 Å². The monoisotopic (exact) mass is 580 g/mol. The number of alkyl carbamates (subject to hydrolysis) is 1. The number of carbonyl (C=O) groups is 4. The van der Waals surface area contributed by atoms with Gasteiger partial charge in [-0.05, 0) is 35.7 Å². The maximum atomic E-state index is 14.0. The van der Waals surface area contributed by atoms with Crippen molar-refractivity contribution in [2.75, 3.05) is 6.61 Å². The number of rotatable bonds is 14. The molecule has 10 nitrogen and oxygen atoms in total. The smallest absolute Gasteiger partial charge is 0.408 e. The summed E-state index contributed by atoms with van der Waals surface area (Å²) in [7, 11) is -3.73. The largest absolute Gasteiger partial charge is 0.481 e. The van der Waals surface area contributed by atoms with Gasteiger partial charge in [-0.2, -0.15) is 0 Å². The van der Waals surface area contributed by atoms with E-state index in [1.807, 2.05) is 6.07 Å². The number of nitrogens with one attached hydrogen (secondary N) is 2. The number of carboxylic acid groups (broad SMARTS) is 1. The Balaban J connectivity index is 1.71. The molecule has 0 aliphatic heterocycles. The highest BCUT2D eigenvalue weighted by molar-refractivity contribution is 7.74. The highest BCUT2D eigenvalue weighted by Gasteiger charge is 2.34. The van der Waals surface area contributed by atoms with E-state index in [1.54, 1.807) is 98.8 Å². The zero-order valence-corrected chi connectivity index (χ0v) is 23.7. The molecule has 3 N–H and O–H groups in total. The minimum absolute atomic E-state index is 0.0144. The number of carboxylic acids is 1. The Bertz CT molecular complexity index is 1320. The average Bonchev–Trinajstić information content (AvgIpc) is 2.98. The molecule has 0 aromatic heterocycles. The van der Waals surface area contributed by atoms with Gasteiger partial charge in [0.1, 0.15) is 25.3 Å². The summed E-state index contributed by atoms with van der Waals surface area (Å²) in [5.74, 6) is -3.32. The molecule has 3 aromatic rings. The Morgan fingerprint density at radius 2 is 1.32 bits per heavy atom. The molecule has 2 amide bonds. The molecule has 3 aromatic carbocycles. The van der Waals surface area contributed by atoms with Crippen molar-refractivity contribution in [3.8, 4) is 0 Å². The molecule has 0 spiro atoms. The van der Waals surface area contributed by atoms with E-state index in [0.29, 0.717) is 10.6 Å². The highest BCUT2D eigenvalue weighted by atomic mass is 31.2. The lowest BCUT2D eigenvalue weighted by molar-refractivity contribution is -0.140. The van der Waals surface area contributed by atoms with Crippen LogP contribution in [0.5, 0.6) is 0 Å². The van der Waals surface area contributed by atoms with Crippen LogP contribution in [-0.2, 0) is 34.8 Å². The predicted molar refractivity (Wildman–Crippen MR) is 153 cm³/mol. The Morgan fingerprint density at radius 1 is 0.805 bits per heavy atom. The first-order valence-corrected chi connectivity index (χ1v) is 14.6. The number of ketones is 1. The lowest BCUT2D eigenvalue weighted by Gasteiger charge is -2.25. The van der Waals surface area contributed by atoms with Gasteiger partial charge in [0.05, 0.1) is 6.42 Å². The van der Waals surface area contributed by atoms with Crippen LogP contribution < -0.4 is 21.2 Å².